The summed E-state index contributed by atoms with van der Waals surface area (Å²) in [4.78, 5) is 5.66. The van der Waals surface area contributed by atoms with Crippen LogP contribution in [0.15, 0.2) is 23.0 Å². The molecule has 0 unspecified atom stereocenters. The van der Waals surface area contributed by atoms with Crippen LogP contribution in [0.3, 0.4) is 0 Å². The number of nitrogens with one attached hydrogen (secondary N) is 1. The summed E-state index contributed by atoms with van der Waals surface area (Å²) in [7, 11) is 1.97. The Morgan fingerprint density at radius 2 is 2.36 bits per heavy atom. The van der Waals surface area contributed by atoms with Crippen LogP contribution in [0.25, 0.3) is 0 Å². The molecule has 0 spiro atoms. The minimum absolute atomic E-state index is 0.961. The average Bonchev–Trinajstić information content (AvgIpc) is 2.79. The lowest BCUT2D eigenvalue weighted by Crippen LogP contribution is -2.02. The van der Waals surface area contributed by atoms with E-state index in [0.717, 1.165) is 13.0 Å². The van der Waals surface area contributed by atoms with Crippen molar-refractivity contribution in [2.75, 3.05) is 7.05 Å². The number of thiazole rings is 1. The quantitative estimate of drug-likeness (QED) is 0.863. The van der Waals surface area contributed by atoms with Gasteiger partial charge in [0.2, 0.25) is 0 Å². The summed E-state index contributed by atoms with van der Waals surface area (Å²) >= 11 is 3.53. The third-order valence-electron chi connectivity index (χ3n) is 1.90. The Morgan fingerprint density at radius 1 is 1.43 bits per heavy atom. The van der Waals surface area contributed by atoms with E-state index in [-0.39, 0.29) is 0 Å². The van der Waals surface area contributed by atoms with Crippen molar-refractivity contribution in [3.8, 4) is 0 Å². The molecule has 4 heteroatoms. The molecule has 0 bridgehead atoms. The third-order valence-corrected chi connectivity index (χ3v) is 3.66. The largest absolute Gasteiger partial charge is 0.315 e. The molecule has 0 aliphatic heterocycles. The molecule has 2 heterocycles. The van der Waals surface area contributed by atoms with Crippen LogP contribution < -0.4 is 5.32 Å². The molecule has 0 aliphatic rings. The number of hydrogen-bond donors (Lipinski definition) is 1. The van der Waals surface area contributed by atoms with Gasteiger partial charge in [-0.25, -0.2) is 4.98 Å². The van der Waals surface area contributed by atoms with E-state index in [0.29, 0.717) is 0 Å². The van der Waals surface area contributed by atoms with Crippen molar-refractivity contribution in [1.29, 1.82) is 0 Å². The zero-order valence-corrected chi connectivity index (χ0v) is 9.62. The number of hydrogen-bond acceptors (Lipinski definition) is 4. The first-order chi connectivity index (χ1) is 6.88. The van der Waals surface area contributed by atoms with Crippen molar-refractivity contribution in [2.24, 2.45) is 0 Å². The molecule has 1 N–H and O–H groups in total. The van der Waals surface area contributed by atoms with E-state index in [1.165, 1.54) is 15.4 Å². The highest BCUT2D eigenvalue weighted by Gasteiger charge is 2.01. The second-order valence-electron chi connectivity index (χ2n) is 3.05. The molecule has 0 amide bonds. The Labute approximate surface area is 91.6 Å². The highest BCUT2D eigenvalue weighted by atomic mass is 32.1. The van der Waals surface area contributed by atoms with E-state index >= 15 is 0 Å². The Morgan fingerprint density at radius 3 is 3.07 bits per heavy atom. The van der Waals surface area contributed by atoms with Gasteiger partial charge in [-0.2, -0.15) is 0 Å². The maximum absolute atomic E-state index is 4.27. The fraction of sp³-hybridized carbons (Fsp3) is 0.300. The van der Waals surface area contributed by atoms with Gasteiger partial charge in [0.15, 0.2) is 0 Å². The van der Waals surface area contributed by atoms with Crippen LogP contribution in [0.5, 0.6) is 0 Å². The normalized spacial score (nSPS) is 10.6. The van der Waals surface area contributed by atoms with Gasteiger partial charge in [0.25, 0.3) is 0 Å². The van der Waals surface area contributed by atoms with Crippen LogP contribution in [0.4, 0.5) is 0 Å². The molecule has 0 atom stereocenters. The lowest BCUT2D eigenvalue weighted by atomic mass is 10.2. The van der Waals surface area contributed by atoms with Crippen LogP contribution in [-0.2, 0) is 13.0 Å². The maximum Gasteiger partial charge on any atom is 0.0969 e. The van der Waals surface area contributed by atoms with E-state index in [9.17, 15) is 0 Å². The zero-order valence-electron chi connectivity index (χ0n) is 7.99. The second kappa shape index (κ2) is 4.68. The summed E-state index contributed by atoms with van der Waals surface area (Å²) in [5, 5.41) is 8.59. The molecule has 14 heavy (non-hydrogen) atoms. The molecule has 2 aromatic rings. The predicted octanol–water partition coefficient (Wildman–Crippen LogP) is 2.51. The zero-order chi connectivity index (χ0) is 9.80. The van der Waals surface area contributed by atoms with Gasteiger partial charge in [-0.1, -0.05) is 0 Å². The molecular formula is C10H12N2S2. The fourth-order valence-electron chi connectivity index (χ4n) is 1.30. The molecule has 74 valence electrons. The molecule has 0 saturated carbocycles. The van der Waals surface area contributed by atoms with Gasteiger partial charge >= 0.3 is 0 Å². The maximum atomic E-state index is 4.27. The Bertz CT molecular complexity index is 378. The topological polar surface area (TPSA) is 24.9 Å². The lowest BCUT2D eigenvalue weighted by Gasteiger charge is -1.92. The average molecular weight is 224 g/mol. The van der Waals surface area contributed by atoms with Crippen molar-refractivity contribution in [3.63, 3.8) is 0 Å². The first-order valence-electron chi connectivity index (χ1n) is 4.48. The van der Waals surface area contributed by atoms with E-state index in [1.807, 2.05) is 30.0 Å². The smallest absolute Gasteiger partial charge is 0.0969 e. The number of rotatable bonds is 4. The molecular weight excluding hydrogens is 212 g/mol. The first-order valence-corrected chi connectivity index (χ1v) is 6.23. The predicted molar refractivity (Wildman–Crippen MR) is 62.0 cm³/mol. The fourth-order valence-corrected chi connectivity index (χ4v) is 2.85. The summed E-state index contributed by atoms with van der Waals surface area (Å²) in [6.07, 6.45) is 2.83. The Hall–Kier alpha value is -0.710. The molecule has 2 aromatic heterocycles. The van der Waals surface area contributed by atoms with E-state index in [4.69, 9.17) is 0 Å². The standard InChI is InChI=1S/C10H12N2S2/c1-11-6-9-4-8(7-14-9)5-10-12-2-3-13-10/h2-4,7,11H,5-6H2,1H3. The van der Waals surface area contributed by atoms with Gasteiger partial charge in [-0.05, 0) is 24.1 Å². The summed E-state index contributed by atoms with van der Waals surface area (Å²) in [6.45, 7) is 0.961. The minimum Gasteiger partial charge on any atom is -0.315 e. The summed E-state index contributed by atoms with van der Waals surface area (Å²) in [5.74, 6) is 0. The van der Waals surface area contributed by atoms with Crippen LogP contribution in [-0.4, -0.2) is 12.0 Å². The van der Waals surface area contributed by atoms with Crippen LogP contribution >= 0.6 is 22.7 Å². The van der Waals surface area contributed by atoms with Crippen molar-refractivity contribution < 1.29 is 0 Å². The first kappa shape index (κ1) is 9.83. The lowest BCUT2D eigenvalue weighted by molar-refractivity contribution is 0.830. The summed E-state index contributed by atoms with van der Waals surface area (Å²) in [6, 6.07) is 2.25. The number of nitrogens with zero attached hydrogens (tertiary/aromatic N) is 1. The van der Waals surface area contributed by atoms with Gasteiger partial charge in [-0.3, -0.25) is 0 Å². The van der Waals surface area contributed by atoms with E-state index in [1.54, 1.807) is 11.3 Å². The number of aromatic nitrogens is 1. The van der Waals surface area contributed by atoms with E-state index < -0.39 is 0 Å². The second-order valence-corrected chi connectivity index (χ2v) is 5.03. The summed E-state index contributed by atoms with van der Waals surface area (Å²) in [5.41, 5.74) is 1.37. The molecule has 0 radical (unpaired) electrons. The van der Waals surface area contributed by atoms with Gasteiger partial charge in [-0.15, -0.1) is 22.7 Å². The molecule has 0 fully saturated rings. The highest BCUT2D eigenvalue weighted by molar-refractivity contribution is 7.10. The highest BCUT2D eigenvalue weighted by Crippen LogP contribution is 2.18. The molecule has 2 rings (SSSR count). The van der Waals surface area contributed by atoms with Gasteiger partial charge in [0.05, 0.1) is 5.01 Å². The van der Waals surface area contributed by atoms with Gasteiger partial charge in [0, 0.05) is 29.4 Å². The van der Waals surface area contributed by atoms with Gasteiger partial charge < -0.3 is 5.32 Å². The van der Waals surface area contributed by atoms with Crippen molar-refractivity contribution in [2.45, 2.75) is 13.0 Å². The molecule has 0 aliphatic carbocycles. The molecule has 0 saturated heterocycles. The van der Waals surface area contributed by atoms with Crippen molar-refractivity contribution in [3.05, 3.63) is 38.5 Å². The SMILES string of the molecule is CNCc1cc(Cc2nccs2)cs1. The van der Waals surface area contributed by atoms with Crippen molar-refractivity contribution in [1.82, 2.24) is 10.3 Å². The van der Waals surface area contributed by atoms with Crippen LogP contribution in [0.2, 0.25) is 0 Å². The Balaban J connectivity index is 2.03. The molecule has 2 nitrogen and oxygen atoms in total. The van der Waals surface area contributed by atoms with Gasteiger partial charge in [0.1, 0.15) is 0 Å². The minimum atomic E-state index is 0.961. The van der Waals surface area contributed by atoms with E-state index in [2.05, 4.69) is 21.7 Å². The monoisotopic (exact) mass is 224 g/mol. The van der Waals surface area contributed by atoms with Crippen molar-refractivity contribution >= 4 is 22.7 Å². The third kappa shape index (κ3) is 2.41. The number of thiophene rings is 1. The van der Waals surface area contributed by atoms with Crippen LogP contribution in [0, 0.1) is 0 Å². The molecule has 0 aromatic carbocycles. The Kier molecular flexibility index (Phi) is 3.29. The summed E-state index contributed by atoms with van der Waals surface area (Å²) < 4.78 is 0. The van der Waals surface area contributed by atoms with Crippen LogP contribution in [0.1, 0.15) is 15.4 Å².